The summed E-state index contributed by atoms with van der Waals surface area (Å²) in [5, 5.41) is 0. The minimum absolute atomic E-state index is 0.490. The van der Waals surface area contributed by atoms with Crippen LogP contribution in [0.15, 0.2) is 23.8 Å². The minimum atomic E-state index is 0.490. The van der Waals surface area contributed by atoms with E-state index in [-0.39, 0.29) is 0 Å². The molecule has 2 aliphatic rings. The summed E-state index contributed by atoms with van der Waals surface area (Å²) in [5.74, 6) is 3.14. The number of hydrogen-bond donors (Lipinski definition) is 0. The van der Waals surface area contributed by atoms with Gasteiger partial charge in [0.1, 0.15) is 6.29 Å². The first kappa shape index (κ1) is 16.5. The van der Waals surface area contributed by atoms with Gasteiger partial charge in [-0.2, -0.15) is 0 Å². The largest absolute Gasteiger partial charge is 0.299 e. The zero-order chi connectivity index (χ0) is 15.6. The Balaban J connectivity index is 2.15. The monoisotopic (exact) mass is 288 g/mol. The zero-order valence-electron chi connectivity index (χ0n) is 14.3. The van der Waals surface area contributed by atoms with E-state index >= 15 is 0 Å². The highest BCUT2D eigenvalue weighted by atomic mass is 16.1. The summed E-state index contributed by atoms with van der Waals surface area (Å²) in [6.07, 6.45) is 10.1. The average Bonchev–Trinajstić information content (AvgIpc) is 2.42. The second-order valence-corrected chi connectivity index (χ2v) is 8.18. The molecule has 0 aromatic carbocycles. The third-order valence-corrected chi connectivity index (χ3v) is 6.34. The molecule has 0 saturated heterocycles. The van der Waals surface area contributed by atoms with E-state index in [9.17, 15) is 4.79 Å². The Kier molecular flexibility index (Phi) is 5.11. The fourth-order valence-electron chi connectivity index (χ4n) is 4.93. The Bertz CT molecular complexity index is 429. The van der Waals surface area contributed by atoms with Gasteiger partial charge < -0.3 is 0 Å². The molecule has 0 spiro atoms. The molecule has 0 aliphatic heterocycles. The smallest absolute Gasteiger partial charge is 0.142 e. The molecule has 1 nitrogen and oxygen atoms in total. The van der Waals surface area contributed by atoms with Gasteiger partial charge in [0.15, 0.2) is 0 Å². The van der Waals surface area contributed by atoms with Gasteiger partial charge in [-0.1, -0.05) is 38.5 Å². The average molecular weight is 288 g/mol. The van der Waals surface area contributed by atoms with Gasteiger partial charge in [0.05, 0.1) is 0 Å². The standard InChI is InChI=1S/C20H32O/c1-14(11-13-21)6-8-17-15(2)7-9-18-19(17)16(3)10-12-20(18,4)5/h11,13,16-19H,2,6-10,12H2,1,3-5H3/b14-11+/t16?,17-,18+,19-/m1/s1. The Morgan fingerprint density at radius 2 is 2.10 bits per heavy atom. The number of aldehydes is 1. The van der Waals surface area contributed by atoms with Gasteiger partial charge in [0.2, 0.25) is 0 Å². The number of carbonyl (C=O) groups excluding carboxylic acids is 1. The van der Waals surface area contributed by atoms with Crippen molar-refractivity contribution in [3.8, 4) is 0 Å². The maximum Gasteiger partial charge on any atom is 0.142 e. The van der Waals surface area contributed by atoms with Crippen LogP contribution in [0.2, 0.25) is 0 Å². The van der Waals surface area contributed by atoms with Crippen molar-refractivity contribution in [2.75, 3.05) is 0 Å². The first-order valence-electron chi connectivity index (χ1n) is 8.65. The van der Waals surface area contributed by atoms with Gasteiger partial charge in [0.25, 0.3) is 0 Å². The van der Waals surface area contributed by atoms with Crippen molar-refractivity contribution in [1.82, 2.24) is 0 Å². The van der Waals surface area contributed by atoms with Gasteiger partial charge in [-0.05, 0) is 80.6 Å². The van der Waals surface area contributed by atoms with E-state index in [0.717, 1.165) is 30.5 Å². The first-order valence-corrected chi connectivity index (χ1v) is 8.65. The summed E-state index contributed by atoms with van der Waals surface area (Å²) in [6.45, 7) is 13.9. The molecule has 0 radical (unpaired) electrons. The van der Waals surface area contributed by atoms with Gasteiger partial charge >= 0.3 is 0 Å². The molecule has 4 atom stereocenters. The fourth-order valence-corrected chi connectivity index (χ4v) is 4.93. The van der Waals surface area contributed by atoms with E-state index in [1.807, 2.05) is 0 Å². The van der Waals surface area contributed by atoms with Gasteiger partial charge in [-0.3, -0.25) is 4.79 Å². The minimum Gasteiger partial charge on any atom is -0.299 e. The third kappa shape index (κ3) is 3.49. The Morgan fingerprint density at radius 3 is 2.76 bits per heavy atom. The molecule has 0 N–H and O–H groups in total. The number of rotatable bonds is 4. The van der Waals surface area contributed by atoms with Crippen molar-refractivity contribution in [3.05, 3.63) is 23.8 Å². The lowest BCUT2D eigenvalue weighted by Crippen LogP contribution is -2.45. The summed E-state index contributed by atoms with van der Waals surface area (Å²) >= 11 is 0. The number of hydrogen-bond acceptors (Lipinski definition) is 1. The summed E-state index contributed by atoms with van der Waals surface area (Å²) in [7, 11) is 0. The maximum absolute atomic E-state index is 10.6. The van der Waals surface area contributed by atoms with Crippen LogP contribution in [-0.2, 0) is 4.79 Å². The Morgan fingerprint density at radius 1 is 1.38 bits per heavy atom. The molecule has 2 fully saturated rings. The van der Waals surface area contributed by atoms with Gasteiger partial charge in [-0.25, -0.2) is 0 Å². The van der Waals surface area contributed by atoms with Gasteiger partial charge in [0, 0.05) is 0 Å². The van der Waals surface area contributed by atoms with Crippen molar-refractivity contribution in [2.24, 2.45) is 29.1 Å². The fraction of sp³-hybridized carbons (Fsp3) is 0.750. The van der Waals surface area contributed by atoms with E-state index in [1.165, 1.54) is 43.3 Å². The van der Waals surface area contributed by atoms with Crippen molar-refractivity contribution < 1.29 is 4.79 Å². The van der Waals surface area contributed by atoms with Gasteiger partial charge in [-0.15, -0.1) is 0 Å². The molecule has 0 aromatic heterocycles. The summed E-state index contributed by atoms with van der Waals surface area (Å²) in [6, 6.07) is 0. The third-order valence-electron chi connectivity index (χ3n) is 6.34. The van der Waals surface area contributed by atoms with Crippen LogP contribution in [0.25, 0.3) is 0 Å². The molecule has 2 aliphatic carbocycles. The van der Waals surface area contributed by atoms with Crippen LogP contribution in [0.4, 0.5) is 0 Å². The molecular weight excluding hydrogens is 256 g/mol. The Labute approximate surface area is 130 Å². The van der Waals surface area contributed by atoms with Crippen molar-refractivity contribution in [3.63, 3.8) is 0 Å². The van der Waals surface area contributed by atoms with Crippen LogP contribution in [0.3, 0.4) is 0 Å². The van der Waals surface area contributed by atoms with Crippen LogP contribution in [0, 0.1) is 29.1 Å². The maximum atomic E-state index is 10.6. The van der Waals surface area contributed by atoms with Crippen molar-refractivity contribution >= 4 is 6.29 Å². The van der Waals surface area contributed by atoms with Crippen LogP contribution in [-0.4, -0.2) is 6.29 Å². The van der Waals surface area contributed by atoms with Crippen LogP contribution in [0.5, 0.6) is 0 Å². The molecule has 2 rings (SSSR count). The molecule has 0 bridgehead atoms. The quantitative estimate of drug-likeness (QED) is 0.375. The lowest BCUT2D eigenvalue weighted by molar-refractivity contribution is -0.104. The molecule has 21 heavy (non-hydrogen) atoms. The number of allylic oxidation sites excluding steroid dienone is 3. The lowest BCUT2D eigenvalue weighted by Gasteiger charge is -2.53. The predicted molar refractivity (Wildman–Crippen MR) is 90.1 cm³/mol. The van der Waals surface area contributed by atoms with E-state index < -0.39 is 0 Å². The summed E-state index contributed by atoms with van der Waals surface area (Å²) < 4.78 is 0. The van der Waals surface area contributed by atoms with Crippen molar-refractivity contribution in [2.45, 2.75) is 66.2 Å². The SMILES string of the molecule is C=C1CC[C@H]2[C@H](C(C)CCC2(C)C)[C@@H]1CC/C(C)=C/C=O. The van der Waals surface area contributed by atoms with E-state index in [4.69, 9.17) is 0 Å². The zero-order valence-corrected chi connectivity index (χ0v) is 14.3. The predicted octanol–water partition coefficient (Wildman–Crippen LogP) is 5.57. The summed E-state index contributed by atoms with van der Waals surface area (Å²) in [5.41, 5.74) is 3.17. The second kappa shape index (κ2) is 6.50. The second-order valence-electron chi connectivity index (χ2n) is 8.18. The molecular formula is C20H32O. The molecule has 1 heteroatoms. The number of fused-ring (bicyclic) bond motifs is 1. The topological polar surface area (TPSA) is 17.1 Å². The molecule has 2 saturated carbocycles. The van der Waals surface area contributed by atoms with Crippen molar-refractivity contribution in [1.29, 1.82) is 0 Å². The van der Waals surface area contributed by atoms with E-state index in [2.05, 4.69) is 34.3 Å². The lowest BCUT2D eigenvalue weighted by atomic mass is 9.51. The summed E-state index contributed by atoms with van der Waals surface area (Å²) in [4.78, 5) is 10.6. The molecule has 0 heterocycles. The van der Waals surface area contributed by atoms with Crippen LogP contribution >= 0.6 is 0 Å². The normalized spacial score (nSPS) is 36.2. The molecule has 1 unspecified atom stereocenters. The van der Waals surface area contributed by atoms with Crippen LogP contribution in [0.1, 0.15) is 66.2 Å². The van der Waals surface area contributed by atoms with Crippen LogP contribution < -0.4 is 0 Å². The molecule has 0 amide bonds. The number of carbonyl (C=O) groups is 1. The first-order chi connectivity index (χ1) is 9.86. The molecule has 0 aromatic rings. The highest BCUT2D eigenvalue weighted by Crippen LogP contribution is 2.56. The van der Waals surface area contributed by atoms with E-state index in [0.29, 0.717) is 11.3 Å². The Hall–Kier alpha value is -0.850. The highest BCUT2D eigenvalue weighted by Gasteiger charge is 2.47. The highest BCUT2D eigenvalue weighted by molar-refractivity contribution is 5.65. The molecule has 118 valence electrons. The van der Waals surface area contributed by atoms with E-state index in [1.54, 1.807) is 6.08 Å².